The zero-order valence-electron chi connectivity index (χ0n) is 12.7. The van der Waals surface area contributed by atoms with Crippen LogP contribution in [0.3, 0.4) is 0 Å². The smallest absolute Gasteiger partial charge is 0.270 e. The number of hydrogen-bond acceptors (Lipinski definition) is 5. The van der Waals surface area contributed by atoms with Crippen LogP contribution in [0.25, 0.3) is 11.4 Å². The van der Waals surface area contributed by atoms with E-state index in [4.69, 9.17) is 0 Å². The van der Waals surface area contributed by atoms with Crippen molar-refractivity contribution in [3.63, 3.8) is 0 Å². The van der Waals surface area contributed by atoms with Gasteiger partial charge in [0.15, 0.2) is 5.82 Å². The zero-order chi connectivity index (χ0) is 17.8. The van der Waals surface area contributed by atoms with Crippen molar-refractivity contribution in [2.24, 2.45) is 0 Å². The molecular weight excluding hydrogens is 327 g/mol. The minimum Gasteiger partial charge on any atom is -0.319 e. The molecule has 0 saturated carbocycles. The van der Waals surface area contributed by atoms with Gasteiger partial charge in [-0.25, -0.2) is 14.4 Å². The van der Waals surface area contributed by atoms with Crippen LogP contribution >= 0.6 is 0 Å². The molecule has 0 atom stereocenters. The summed E-state index contributed by atoms with van der Waals surface area (Å²) in [6.07, 6.45) is 2.55. The number of nitro benzene ring substituents is 1. The van der Waals surface area contributed by atoms with Crippen LogP contribution < -0.4 is 5.32 Å². The summed E-state index contributed by atoms with van der Waals surface area (Å²) in [7, 11) is 0. The highest BCUT2D eigenvalue weighted by Crippen LogP contribution is 2.21. The first-order valence-corrected chi connectivity index (χ1v) is 7.17. The minimum atomic E-state index is -0.560. The van der Waals surface area contributed by atoms with Crippen LogP contribution in [-0.4, -0.2) is 20.8 Å². The molecule has 0 unspecified atom stereocenters. The number of amides is 1. The first-order valence-electron chi connectivity index (χ1n) is 7.17. The van der Waals surface area contributed by atoms with E-state index in [1.807, 2.05) is 0 Å². The van der Waals surface area contributed by atoms with Crippen LogP contribution in [0.2, 0.25) is 0 Å². The number of carbonyl (C=O) groups excluding carboxylic acids is 1. The highest BCUT2D eigenvalue weighted by molar-refractivity contribution is 6.04. The Labute approximate surface area is 141 Å². The van der Waals surface area contributed by atoms with Gasteiger partial charge in [0.1, 0.15) is 5.82 Å². The van der Waals surface area contributed by atoms with Gasteiger partial charge in [-0.3, -0.25) is 14.9 Å². The summed E-state index contributed by atoms with van der Waals surface area (Å²) in [5.41, 5.74) is 0.561. The molecule has 25 heavy (non-hydrogen) atoms. The van der Waals surface area contributed by atoms with Crippen LogP contribution in [-0.2, 0) is 0 Å². The molecule has 2 aromatic carbocycles. The van der Waals surface area contributed by atoms with Gasteiger partial charge in [-0.15, -0.1) is 0 Å². The van der Waals surface area contributed by atoms with Crippen molar-refractivity contribution in [2.45, 2.75) is 0 Å². The average Bonchev–Trinajstić information content (AvgIpc) is 2.64. The molecule has 1 aromatic heterocycles. The van der Waals surface area contributed by atoms with Crippen molar-refractivity contribution in [3.8, 4) is 11.4 Å². The fourth-order valence-electron chi connectivity index (χ4n) is 2.11. The van der Waals surface area contributed by atoms with Crippen LogP contribution in [0.15, 0.2) is 60.9 Å². The average molecular weight is 338 g/mol. The molecule has 124 valence electrons. The lowest BCUT2D eigenvalue weighted by Crippen LogP contribution is -2.13. The molecule has 0 bridgehead atoms. The summed E-state index contributed by atoms with van der Waals surface area (Å²) in [6.45, 7) is 0. The van der Waals surface area contributed by atoms with Gasteiger partial charge >= 0.3 is 0 Å². The Balaban J connectivity index is 1.80. The van der Waals surface area contributed by atoms with Gasteiger partial charge < -0.3 is 5.32 Å². The number of rotatable bonds is 4. The van der Waals surface area contributed by atoms with E-state index < -0.39 is 16.6 Å². The van der Waals surface area contributed by atoms with E-state index in [1.54, 1.807) is 12.1 Å². The number of carbonyl (C=O) groups is 1. The molecular formula is C17H11FN4O3. The zero-order valence-corrected chi connectivity index (χ0v) is 12.7. The molecule has 0 spiro atoms. The Morgan fingerprint density at radius 1 is 1.08 bits per heavy atom. The number of hydrogen-bond donors (Lipinski definition) is 1. The third kappa shape index (κ3) is 3.63. The molecule has 0 radical (unpaired) electrons. The molecule has 1 amide bonds. The molecule has 3 aromatic rings. The topological polar surface area (TPSA) is 98.0 Å². The molecule has 0 saturated heterocycles. The van der Waals surface area contributed by atoms with Crippen molar-refractivity contribution in [1.82, 2.24) is 9.97 Å². The Hall–Kier alpha value is -3.68. The number of halogens is 1. The van der Waals surface area contributed by atoms with Gasteiger partial charge in [-0.2, -0.15) is 0 Å². The molecule has 3 rings (SSSR count). The predicted octanol–water partition coefficient (Wildman–Crippen LogP) is 3.44. The molecule has 8 heteroatoms. The van der Waals surface area contributed by atoms with Gasteiger partial charge in [0, 0.05) is 30.1 Å². The van der Waals surface area contributed by atoms with Crippen LogP contribution in [0.1, 0.15) is 10.4 Å². The number of nitrogens with one attached hydrogen (secondary N) is 1. The molecule has 0 aliphatic rings. The van der Waals surface area contributed by atoms with Crippen molar-refractivity contribution >= 4 is 17.3 Å². The third-order valence-electron chi connectivity index (χ3n) is 3.35. The van der Waals surface area contributed by atoms with Gasteiger partial charge in [0.2, 0.25) is 0 Å². The predicted molar refractivity (Wildman–Crippen MR) is 88.5 cm³/mol. The standard InChI is InChI=1S/C17H11FN4O3/c18-14-6-1-2-7-15(14)21-17(23)12-9-19-16(20-10-12)11-4-3-5-13(8-11)22(24)25/h1-10H,(H,21,23). The SMILES string of the molecule is O=C(Nc1ccccc1F)c1cnc(-c2cccc([N+](=O)[O-])c2)nc1. The van der Waals surface area contributed by atoms with E-state index in [2.05, 4.69) is 15.3 Å². The van der Waals surface area contributed by atoms with E-state index in [1.165, 1.54) is 48.8 Å². The number of non-ortho nitro benzene ring substituents is 1. The van der Waals surface area contributed by atoms with Gasteiger partial charge in [0.05, 0.1) is 16.2 Å². The molecule has 1 N–H and O–H groups in total. The summed E-state index contributed by atoms with van der Waals surface area (Å²) in [4.78, 5) is 30.5. The summed E-state index contributed by atoms with van der Waals surface area (Å²) in [5.74, 6) is -0.869. The third-order valence-corrected chi connectivity index (χ3v) is 3.35. The summed E-state index contributed by atoms with van der Waals surface area (Å²) < 4.78 is 13.6. The van der Waals surface area contributed by atoms with Gasteiger partial charge in [0.25, 0.3) is 11.6 Å². The van der Waals surface area contributed by atoms with Crippen LogP contribution in [0.5, 0.6) is 0 Å². The van der Waals surface area contributed by atoms with E-state index in [9.17, 15) is 19.3 Å². The maximum absolute atomic E-state index is 13.6. The second kappa shape index (κ2) is 6.83. The molecule has 1 heterocycles. The van der Waals surface area contributed by atoms with E-state index in [-0.39, 0.29) is 22.8 Å². The molecule has 7 nitrogen and oxygen atoms in total. The Kier molecular flexibility index (Phi) is 4.42. The highest BCUT2D eigenvalue weighted by Gasteiger charge is 2.12. The maximum atomic E-state index is 13.6. The van der Waals surface area contributed by atoms with Gasteiger partial charge in [-0.1, -0.05) is 24.3 Å². The van der Waals surface area contributed by atoms with E-state index in [0.29, 0.717) is 5.56 Å². The number of benzene rings is 2. The lowest BCUT2D eigenvalue weighted by Gasteiger charge is -2.06. The summed E-state index contributed by atoms with van der Waals surface area (Å²) in [5, 5.41) is 13.2. The number of nitro groups is 1. The number of para-hydroxylation sites is 1. The van der Waals surface area contributed by atoms with Crippen molar-refractivity contribution < 1.29 is 14.1 Å². The summed E-state index contributed by atoms with van der Waals surface area (Å²) >= 11 is 0. The molecule has 0 fully saturated rings. The lowest BCUT2D eigenvalue weighted by molar-refractivity contribution is -0.384. The number of anilines is 1. The second-order valence-electron chi connectivity index (χ2n) is 5.04. The normalized spacial score (nSPS) is 10.3. The largest absolute Gasteiger partial charge is 0.319 e. The van der Waals surface area contributed by atoms with E-state index in [0.717, 1.165) is 0 Å². The summed E-state index contributed by atoms with van der Waals surface area (Å²) in [6, 6.07) is 11.6. The second-order valence-corrected chi connectivity index (χ2v) is 5.04. The van der Waals surface area contributed by atoms with Crippen molar-refractivity contribution in [1.29, 1.82) is 0 Å². The first kappa shape index (κ1) is 16.2. The Morgan fingerprint density at radius 2 is 1.80 bits per heavy atom. The Bertz CT molecular complexity index is 945. The lowest BCUT2D eigenvalue weighted by atomic mass is 10.2. The highest BCUT2D eigenvalue weighted by atomic mass is 19.1. The van der Waals surface area contributed by atoms with Crippen LogP contribution in [0.4, 0.5) is 15.8 Å². The number of aromatic nitrogens is 2. The quantitative estimate of drug-likeness (QED) is 0.580. The van der Waals surface area contributed by atoms with Crippen LogP contribution in [0, 0.1) is 15.9 Å². The maximum Gasteiger partial charge on any atom is 0.270 e. The minimum absolute atomic E-state index is 0.0512. The number of nitrogens with zero attached hydrogens (tertiary/aromatic N) is 3. The fourth-order valence-corrected chi connectivity index (χ4v) is 2.11. The Morgan fingerprint density at radius 3 is 2.48 bits per heavy atom. The monoisotopic (exact) mass is 338 g/mol. The van der Waals surface area contributed by atoms with Gasteiger partial charge in [-0.05, 0) is 12.1 Å². The van der Waals surface area contributed by atoms with Crippen molar-refractivity contribution in [2.75, 3.05) is 5.32 Å². The van der Waals surface area contributed by atoms with E-state index >= 15 is 0 Å². The molecule has 0 aliphatic carbocycles. The molecule has 0 aliphatic heterocycles. The first-order chi connectivity index (χ1) is 12.0. The fraction of sp³-hybridized carbons (Fsp3) is 0. The van der Waals surface area contributed by atoms with Crippen molar-refractivity contribution in [3.05, 3.63) is 82.4 Å².